The largest absolute Gasteiger partial charge is 0.384 e. The van der Waals surface area contributed by atoms with E-state index in [-0.39, 0.29) is 6.10 Å². The van der Waals surface area contributed by atoms with Crippen LogP contribution in [0.4, 0.5) is 0 Å². The third kappa shape index (κ3) is 3.31. The van der Waals surface area contributed by atoms with Crippen molar-refractivity contribution in [2.24, 2.45) is 10.3 Å². The molecule has 2 bridgehead atoms. The fourth-order valence-electron chi connectivity index (χ4n) is 5.61. The summed E-state index contributed by atoms with van der Waals surface area (Å²) in [4.78, 5) is 12.2. The van der Waals surface area contributed by atoms with Crippen LogP contribution in [-0.4, -0.2) is 40.1 Å². The van der Waals surface area contributed by atoms with Gasteiger partial charge in [0.05, 0.1) is 6.54 Å². The molecule has 5 rings (SSSR count). The minimum atomic E-state index is -0.779. The molecule has 6 nitrogen and oxygen atoms in total. The highest BCUT2D eigenvalue weighted by Crippen LogP contribution is 2.39. The highest BCUT2D eigenvalue weighted by Gasteiger charge is 2.51. The van der Waals surface area contributed by atoms with Gasteiger partial charge in [0.15, 0.2) is 17.8 Å². The molecule has 172 valence electrons. The highest BCUT2D eigenvalue weighted by atomic mass is 16.7. The third-order valence-electron chi connectivity index (χ3n) is 6.83. The van der Waals surface area contributed by atoms with Crippen molar-refractivity contribution < 1.29 is 9.68 Å². The van der Waals surface area contributed by atoms with Gasteiger partial charge in [-0.15, -0.1) is 0 Å². The molecule has 3 aliphatic heterocycles. The topological polar surface area (TPSA) is 49.7 Å². The van der Waals surface area contributed by atoms with Crippen LogP contribution in [0.25, 0.3) is 0 Å². The molecule has 0 fully saturated rings. The van der Waals surface area contributed by atoms with Crippen molar-refractivity contribution in [2.75, 3.05) is 6.54 Å². The summed E-state index contributed by atoms with van der Waals surface area (Å²) in [7, 11) is 0. The number of aryl methyl sites for hydroxylation is 6. The standard InChI is InChI=1S/C27H32N4O2/c1-15-9-17(3)23(18(4)10-15)25-28-32-22-14-30(25)31-26(29-33-27(31,8)13-21(22)7)24-19(5)11-16(2)12-20(24)6/h9-13,22H,14H2,1-8H3/t22-,27-/m1/s1. The second-order valence-electron chi connectivity index (χ2n) is 9.90. The molecule has 2 atom stereocenters. The molecule has 0 radical (unpaired) electrons. The van der Waals surface area contributed by atoms with E-state index in [0.29, 0.717) is 6.54 Å². The Morgan fingerprint density at radius 3 is 1.85 bits per heavy atom. The van der Waals surface area contributed by atoms with Crippen LogP contribution < -0.4 is 0 Å². The Labute approximate surface area is 196 Å². The van der Waals surface area contributed by atoms with Crippen LogP contribution in [0.2, 0.25) is 0 Å². The van der Waals surface area contributed by atoms with Crippen LogP contribution in [0.3, 0.4) is 0 Å². The fourth-order valence-corrected chi connectivity index (χ4v) is 5.61. The predicted molar refractivity (Wildman–Crippen MR) is 131 cm³/mol. The molecule has 0 saturated heterocycles. The smallest absolute Gasteiger partial charge is 0.245 e. The monoisotopic (exact) mass is 444 g/mol. The normalized spacial score (nSPS) is 23.8. The zero-order valence-electron chi connectivity index (χ0n) is 20.8. The molecule has 0 aromatic heterocycles. The SMILES string of the molecule is CC1=C[C@@]2(C)ON=C(c3c(C)cc(C)cc3C)N2N2C[C@H]1ON=C2c1c(C)cc(C)cc1C. The van der Waals surface area contributed by atoms with Crippen LogP contribution in [0.1, 0.15) is 58.4 Å². The van der Waals surface area contributed by atoms with E-state index in [1.54, 1.807) is 0 Å². The van der Waals surface area contributed by atoms with Crippen LogP contribution in [0.5, 0.6) is 0 Å². The van der Waals surface area contributed by atoms with Crippen molar-refractivity contribution in [3.05, 3.63) is 80.4 Å². The zero-order chi connectivity index (χ0) is 23.7. The molecule has 6 heteroatoms. The number of benzene rings is 2. The summed E-state index contributed by atoms with van der Waals surface area (Å²) in [6, 6.07) is 8.79. The predicted octanol–water partition coefficient (Wildman–Crippen LogP) is 5.18. The van der Waals surface area contributed by atoms with Gasteiger partial charge >= 0.3 is 0 Å². The van der Waals surface area contributed by atoms with E-state index in [1.807, 2.05) is 0 Å². The number of rotatable bonds is 2. The van der Waals surface area contributed by atoms with Gasteiger partial charge in [-0.25, -0.2) is 5.01 Å². The Kier molecular flexibility index (Phi) is 4.82. The van der Waals surface area contributed by atoms with Crippen molar-refractivity contribution in [3.63, 3.8) is 0 Å². The first-order valence-corrected chi connectivity index (χ1v) is 11.5. The molecule has 0 unspecified atom stereocenters. The maximum absolute atomic E-state index is 6.16. The van der Waals surface area contributed by atoms with Gasteiger partial charge in [-0.05, 0) is 82.4 Å². The number of fused-ring (bicyclic) bond motifs is 4. The molecule has 0 N–H and O–H groups in total. The average Bonchev–Trinajstić information content (AvgIpc) is 2.99. The average molecular weight is 445 g/mol. The van der Waals surface area contributed by atoms with Gasteiger partial charge in [0, 0.05) is 18.1 Å². The molecule has 0 amide bonds. The lowest BCUT2D eigenvalue weighted by atomic mass is 9.97. The van der Waals surface area contributed by atoms with Crippen molar-refractivity contribution in [1.29, 1.82) is 0 Å². The summed E-state index contributed by atoms with van der Waals surface area (Å²) < 4.78 is 0. The number of hydrogen-bond donors (Lipinski definition) is 0. The van der Waals surface area contributed by atoms with Crippen molar-refractivity contribution in [1.82, 2.24) is 10.0 Å². The molecule has 0 aliphatic carbocycles. The maximum atomic E-state index is 6.16. The van der Waals surface area contributed by atoms with Crippen LogP contribution in [0.15, 0.2) is 46.2 Å². The maximum Gasteiger partial charge on any atom is 0.245 e. The molecular formula is C27H32N4O2. The van der Waals surface area contributed by atoms with Gasteiger partial charge in [-0.3, -0.25) is 5.01 Å². The molecule has 33 heavy (non-hydrogen) atoms. The third-order valence-corrected chi connectivity index (χ3v) is 6.83. The lowest BCUT2D eigenvalue weighted by Gasteiger charge is -2.43. The van der Waals surface area contributed by atoms with E-state index in [1.165, 1.54) is 33.4 Å². The fraction of sp³-hybridized carbons (Fsp3) is 0.407. The summed E-state index contributed by atoms with van der Waals surface area (Å²) in [5.41, 5.74) is 9.65. The van der Waals surface area contributed by atoms with E-state index in [4.69, 9.17) is 9.68 Å². The van der Waals surface area contributed by atoms with Gasteiger partial charge in [0.25, 0.3) is 0 Å². The second-order valence-corrected chi connectivity index (χ2v) is 9.90. The quantitative estimate of drug-likeness (QED) is 0.599. The van der Waals surface area contributed by atoms with Gasteiger partial charge in [-0.1, -0.05) is 45.7 Å². The van der Waals surface area contributed by atoms with Crippen molar-refractivity contribution in [2.45, 2.75) is 67.2 Å². The zero-order valence-corrected chi connectivity index (χ0v) is 20.8. The van der Waals surface area contributed by atoms with Gasteiger partial charge in [0.2, 0.25) is 5.72 Å². The van der Waals surface area contributed by atoms with Crippen LogP contribution in [0, 0.1) is 41.5 Å². The minimum absolute atomic E-state index is 0.146. The van der Waals surface area contributed by atoms with Crippen molar-refractivity contribution in [3.8, 4) is 0 Å². The summed E-state index contributed by atoms with van der Waals surface area (Å²) in [5.74, 6) is 1.59. The highest BCUT2D eigenvalue weighted by molar-refractivity contribution is 6.06. The number of nitrogens with zero attached hydrogens (tertiary/aromatic N) is 4. The molecule has 3 heterocycles. The van der Waals surface area contributed by atoms with E-state index in [2.05, 4.69) is 106 Å². The Morgan fingerprint density at radius 2 is 1.30 bits per heavy atom. The van der Waals surface area contributed by atoms with Crippen molar-refractivity contribution >= 4 is 11.7 Å². The Morgan fingerprint density at radius 1 is 0.788 bits per heavy atom. The Hall–Kier alpha value is -3.28. The molecule has 3 aliphatic rings. The van der Waals surface area contributed by atoms with Crippen LogP contribution in [-0.2, 0) is 9.68 Å². The van der Waals surface area contributed by atoms with Gasteiger partial charge in [0.1, 0.15) is 0 Å². The summed E-state index contributed by atoms with van der Waals surface area (Å²) in [6.07, 6.45) is 1.97. The van der Waals surface area contributed by atoms with E-state index in [0.717, 1.165) is 28.4 Å². The summed E-state index contributed by atoms with van der Waals surface area (Å²) >= 11 is 0. The first kappa shape index (κ1) is 21.6. The molecule has 0 saturated carbocycles. The van der Waals surface area contributed by atoms with E-state index >= 15 is 0 Å². The Balaban J connectivity index is 1.71. The first-order valence-electron chi connectivity index (χ1n) is 11.5. The Bertz CT molecular complexity index is 1210. The van der Waals surface area contributed by atoms with E-state index < -0.39 is 5.72 Å². The summed E-state index contributed by atoms with van der Waals surface area (Å²) in [5, 5.41) is 13.7. The van der Waals surface area contributed by atoms with Gasteiger partial charge in [-0.2, -0.15) is 0 Å². The lowest BCUT2D eigenvalue weighted by Crippen LogP contribution is -2.59. The minimum Gasteiger partial charge on any atom is -0.384 e. The molecular weight excluding hydrogens is 412 g/mol. The van der Waals surface area contributed by atoms with Crippen LogP contribution >= 0.6 is 0 Å². The number of hydrogen-bond acceptors (Lipinski definition) is 6. The number of amidine groups is 2. The second kappa shape index (κ2) is 7.37. The molecule has 2 aromatic carbocycles. The molecule has 0 spiro atoms. The number of oxime groups is 2. The number of hydrazine groups is 1. The van der Waals surface area contributed by atoms with E-state index in [9.17, 15) is 0 Å². The lowest BCUT2D eigenvalue weighted by molar-refractivity contribution is -0.115. The van der Waals surface area contributed by atoms with Gasteiger partial charge < -0.3 is 9.68 Å². The summed E-state index contributed by atoms with van der Waals surface area (Å²) in [6.45, 7) is 17.5. The molecule has 2 aromatic rings. The first-order chi connectivity index (χ1) is 15.6.